The number of fused-ring (bicyclic) bond motifs is 1. The minimum atomic E-state index is 0.581. The lowest BCUT2D eigenvalue weighted by atomic mass is 10.3. The van der Waals surface area contributed by atoms with E-state index in [1.807, 2.05) is 35.9 Å². The van der Waals surface area contributed by atoms with Gasteiger partial charge in [0.05, 0.1) is 17.6 Å². The van der Waals surface area contributed by atoms with Gasteiger partial charge in [0.25, 0.3) is 0 Å². The molecule has 1 aromatic carbocycles. The van der Waals surface area contributed by atoms with Gasteiger partial charge in [-0.25, -0.2) is 9.97 Å². The number of imidazole rings is 1. The zero-order valence-corrected chi connectivity index (χ0v) is 9.38. The highest BCUT2D eigenvalue weighted by molar-refractivity contribution is 5.78. The number of nitrogens with zero attached hydrogens (tertiary/aromatic N) is 4. The van der Waals surface area contributed by atoms with Crippen molar-refractivity contribution in [3.05, 3.63) is 36.4 Å². The van der Waals surface area contributed by atoms with Gasteiger partial charge in [-0.3, -0.25) is 5.10 Å². The van der Waals surface area contributed by atoms with Crippen molar-refractivity contribution >= 4 is 17.0 Å². The molecule has 0 radical (unpaired) electrons. The lowest BCUT2D eigenvalue weighted by molar-refractivity contribution is 0.893. The molecule has 86 valence electrons. The van der Waals surface area contributed by atoms with E-state index in [0.29, 0.717) is 6.54 Å². The van der Waals surface area contributed by atoms with Crippen LogP contribution in [0.1, 0.15) is 5.82 Å². The summed E-state index contributed by atoms with van der Waals surface area (Å²) >= 11 is 0. The standard InChI is InChI=1S/C11H12N6/c1-17-9-5-3-2-4-8(9)15-11(17)12-6-10-13-7-14-16-10/h2-5,7H,6H2,1H3,(H,12,15)(H,13,14,16). The molecule has 0 aliphatic rings. The summed E-state index contributed by atoms with van der Waals surface area (Å²) < 4.78 is 2.02. The molecule has 6 nitrogen and oxygen atoms in total. The van der Waals surface area contributed by atoms with Crippen LogP contribution in [-0.2, 0) is 13.6 Å². The summed E-state index contributed by atoms with van der Waals surface area (Å²) in [5.41, 5.74) is 2.09. The average molecular weight is 228 g/mol. The molecule has 0 amide bonds. The molecule has 3 rings (SSSR count). The highest BCUT2D eigenvalue weighted by atomic mass is 15.2. The Bertz CT molecular complexity index is 625. The Morgan fingerprint density at radius 1 is 1.35 bits per heavy atom. The third-order valence-electron chi connectivity index (χ3n) is 2.67. The predicted octanol–water partition coefficient (Wildman–Crippen LogP) is 1.30. The van der Waals surface area contributed by atoms with Gasteiger partial charge in [-0.2, -0.15) is 5.10 Å². The van der Waals surface area contributed by atoms with Crippen LogP contribution in [0.5, 0.6) is 0 Å². The van der Waals surface area contributed by atoms with Crippen molar-refractivity contribution in [2.24, 2.45) is 7.05 Å². The SMILES string of the molecule is Cn1c(NCc2ncn[nH]2)nc2ccccc21. The van der Waals surface area contributed by atoms with Gasteiger partial charge in [0.15, 0.2) is 0 Å². The van der Waals surface area contributed by atoms with Crippen molar-refractivity contribution in [1.29, 1.82) is 0 Å². The number of hydrogen-bond acceptors (Lipinski definition) is 4. The van der Waals surface area contributed by atoms with E-state index in [2.05, 4.69) is 25.5 Å². The summed E-state index contributed by atoms with van der Waals surface area (Å²) in [4.78, 5) is 8.55. The monoisotopic (exact) mass is 228 g/mol. The first-order valence-electron chi connectivity index (χ1n) is 5.34. The first-order chi connectivity index (χ1) is 8.34. The van der Waals surface area contributed by atoms with Gasteiger partial charge in [0, 0.05) is 7.05 Å². The fourth-order valence-corrected chi connectivity index (χ4v) is 1.78. The van der Waals surface area contributed by atoms with Crippen molar-refractivity contribution in [3.63, 3.8) is 0 Å². The number of hydrogen-bond donors (Lipinski definition) is 2. The Morgan fingerprint density at radius 3 is 3.00 bits per heavy atom. The van der Waals surface area contributed by atoms with Crippen LogP contribution in [0.15, 0.2) is 30.6 Å². The van der Waals surface area contributed by atoms with Crippen LogP contribution in [-0.4, -0.2) is 24.7 Å². The summed E-state index contributed by atoms with van der Waals surface area (Å²) in [6, 6.07) is 8.02. The number of rotatable bonds is 3. The molecule has 0 unspecified atom stereocenters. The fraction of sp³-hybridized carbons (Fsp3) is 0.182. The third-order valence-corrected chi connectivity index (χ3v) is 2.67. The maximum absolute atomic E-state index is 4.50. The molecule has 0 aliphatic heterocycles. The van der Waals surface area contributed by atoms with Gasteiger partial charge < -0.3 is 9.88 Å². The second kappa shape index (κ2) is 3.89. The van der Waals surface area contributed by atoms with Crippen LogP contribution in [0.3, 0.4) is 0 Å². The van der Waals surface area contributed by atoms with E-state index in [1.165, 1.54) is 6.33 Å². The summed E-state index contributed by atoms with van der Waals surface area (Å²) in [5, 5.41) is 9.82. The Hall–Kier alpha value is -2.37. The Labute approximate surface area is 97.7 Å². The predicted molar refractivity (Wildman–Crippen MR) is 64.4 cm³/mol. The van der Waals surface area contributed by atoms with Crippen molar-refractivity contribution < 1.29 is 0 Å². The Morgan fingerprint density at radius 2 is 2.24 bits per heavy atom. The summed E-state index contributed by atoms with van der Waals surface area (Å²) in [6.45, 7) is 0.581. The summed E-state index contributed by atoms with van der Waals surface area (Å²) in [7, 11) is 1.98. The lowest BCUT2D eigenvalue weighted by Gasteiger charge is -2.03. The smallest absolute Gasteiger partial charge is 0.203 e. The minimum Gasteiger partial charge on any atom is -0.348 e. The normalized spacial score (nSPS) is 10.9. The average Bonchev–Trinajstić information content (AvgIpc) is 2.96. The van der Waals surface area contributed by atoms with E-state index >= 15 is 0 Å². The number of aryl methyl sites for hydroxylation is 1. The van der Waals surface area contributed by atoms with Crippen LogP contribution in [0, 0.1) is 0 Å². The van der Waals surface area contributed by atoms with E-state index in [4.69, 9.17) is 0 Å². The molecule has 0 saturated carbocycles. The van der Waals surface area contributed by atoms with Crippen LogP contribution >= 0.6 is 0 Å². The van der Waals surface area contributed by atoms with Crippen LogP contribution in [0.4, 0.5) is 5.95 Å². The molecule has 0 aliphatic carbocycles. The summed E-state index contributed by atoms with van der Waals surface area (Å²) in [5.74, 6) is 1.61. The number of para-hydroxylation sites is 2. The maximum atomic E-state index is 4.50. The van der Waals surface area contributed by atoms with Gasteiger partial charge in [0.2, 0.25) is 5.95 Å². The van der Waals surface area contributed by atoms with Crippen molar-refractivity contribution in [1.82, 2.24) is 24.7 Å². The first kappa shape index (κ1) is 9.83. The topological polar surface area (TPSA) is 71.4 Å². The van der Waals surface area contributed by atoms with Gasteiger partial charge >= 0.3 is 0 Å². The first-order valence-corrected chi connectivity index (χ1v) is 5.34. The molecule has 2 heterocycles. The van der Waals surface area contributed by atoms with Crippen molar-refractivity contribution in [3.8, 4) is 0 Å². The van der Waals surface area contributed by atoms with Crippen LogP contribution in [0.2, 0.25) is 0 Å². The fourth-order valence-electron chi connectivity index (χ4n) is 1.78. The Kier molecular flexibility index (Phi) is 2.25. The molecule has 0 saturated heterocycles. The molecule has 3 aromatic rings. The Balaban J connectivity index is 1.88. The van der Waals surface area contributed by atoms with E-state index < -0.39 is 0 Å². The second-order valence-electron chi connectivity index (χ2n) is 3.77. The van der Waals surface area contributed by atoms with Crippen molar-refractivity contribution in [2.45, 2.75) is 6.54 Å². The number of aromatic amines is 1. The van der Waals surface area contributed by atoms with Gasteiger partial charge in [-0.15, -0.1) is 0 Å². The number of H-pyrrole nitrogens is 1. The maximum Gasteiger partial charge on any atom is 0.203 e. The zero-order valence-electron chi connectivity index (χ0n) is 9.38. The summed E-state index contributed by atoms with van der Waals surface area (Å²) in [6.07, 6.45) is 1.49. The number of aromatic nitrogens is 5. The zero-order chi connectivity index (χ0) is 11.7. The molecule has 0 fully saturated rings. The van der Waals surface area contributed by atoms with Crippen LogP contribution in [0.25, 0.3) is 11.0 Å². The quantitative estimate of drug-likeness (QED) is 0.709. The van der Waals surface area contributed by atoms with Gasteiger partial charge in [0.1, 0.15) is 12.2 Å². The van der Waals surface area contributed by atoms with E-state index in [1.54, 1.807) is 0 Å². The largest absolute Gasteiger partial charge is 0.348 e. The number of anilines is 1. The second-order valence-corrected chi connectivity index (χ2v) is 3.77. The molecule has 17 heavy (non-hydrogen) atoms. The van der Waals surface area contributed by atoms with Gasteiger partial charge in [-0.1, -0.05) is 12.1 Å². The van der Waals surface area contributed by atoms with Crippen LogP contribution < -0.4 is 5.32 Å². The number of nitrogens with one attached hydrogen (secondary N) is 2. The molecule has 2 aromatic heterocycles. The highest BCUT2D eigenvalue weighted by Crippen LogP contribution is 2.17. The molecular weight excluding hydrogens is 216 g/mol. The third kappa shape index (κ3) is 1.73. The molecular formula is C11H12N6. The van der Waals surface area contributed by atoms with Crippen molar-refractivity contribution in [2.75, 3.05) is 5.32 Å². The van der Waals surface area contributed by atoms with E-state index in [-0.39, 0.29) is 0 Å². The number of benzene rings is 1. The molecule has 0 atom stereocenters. The lowest BCUT2D eigenvalue weighted by Crippen LogP contribution is -2.06. The molecule has 6 heteroatoms. The highest BCUT2D eigenvalue weighted by Gasteiger charge is 2.06. The van der Waals surface area contributed by atoms with E-state index in [0.717, 1.165) is 22.8 Å². The molecule has 0 bridgehead atoms. The minimum absolute atomic E-state index is 0.581. The van der Waals surface area contributed by atoms with E-state index in [9.17, 15) is 0 Å². The molecule has 2 N–H and O–H groups in total. The van der Waals surface area contributed by atoms with Gasteiger partial charge in [-0.05, 0) is 12.1 Å². The molecule has 0 spiro atoms.